The lowest BCUT2D eigenvalue weighted by Gasteiger charge is -2.24. The zero-order valence-corrected chi connectivity index (χ0v) is 15.2. The first-order valence-electron chi connectivity index (χ1n) is 7.84. The Kier molecular flexibility index (Phi) is 5.61. The zero-order chi connectivity index (χ0) is 16.9. The number of hydrogen-bond donors (Lipinski definition) is 0. The molecule has 0 aromatic heterocycles. The summed E-state index contributed by atoms with van der Waals surface area (Å²) >= 11 is 0. The van der Waals surface area contributed by atoms with E-state index in [1.165, 1.54) is 0 Å². The molecular weight excluding hydrogens is 304 g/mol. The Morgan fingerprint density at radius 3 is 2.17 bits per heavy atom. The average molecular weight is 328 g/mol. The van der Waals surface area contributed by atoms with Crippen LogP contribution in [-0.2, 0) is 11.3 Å². The van der Waals surface area contributed by atoms with Crippen LogP contribution < -0.4 is 4.74 Å². The van der Waals surface area contributed by atoms with Crippen molar-refractivity contribution in [3.8, 4) is 5.75 Å². The number of ether oxygens (including phenoxy) is 2. The molecule has 122 valence electrons. The summed E-state index contributed by atoms with van der Waals surface area (Å²) in [5.74, 6) is 0.471. The van der Waals surface area contributed by atoms with Gasteiger partial charge in [0.1, 0.15) is 12.4 Å². The van der Waals surface area contributed by atoms with Crippen molar-refractivity contribution in [2.24, 2.45) is 0 Å². The highest BCUT2D eigenvalue weighted by Gasteiger charge is 2.26. The number of carbonyl (C=O) groups is 1. The molecule has 2 aromatic carbocycles. The average Bonchev–Trinajstić information content (AvgIpc) is 2.53. The predicted molar refractivity (Wildman–Crippen MR) is 95.4 cm³/mol. The molecule has 0 aliphatic carbocycles. The van der Waals surface area contributed by atoms with Gasteiger partial charge in [0.05, 0.1) is 19.4 Å². The third-order valence-electron chi connectivity index (χ3n) is 3.84. The smallest absolute Gasteiger partial charge is 0.338 e. The zero-order valence-electron chi connectivity index (χ0n) is 14.2. The second kappa shape index (κ2) is 7.46. The van der Waals surface area contributed by atoms with Crippen LogP contribution >= 0.6 is 0 Å². The molecule has 2 rings (SSSR count). The first kappa shape index (κ1) is 17.3. The lowest BCUT2D eigenvalue weighted by Crippen LogP contribution is -2.39. The van der Waals surface area contributed by atoms with E-state index in [0.29, 0.717) is 12.2 Å². The molecule has 1 unspecified atom stereocenters. The minimum atomic E-state index is -1.49. The molecule has 0 radical (unpaired) electrons. The SMILES string of the molecule is CC(OC(=O)c1ccc(OCc2ccccc2)cc1)[Si](C)(C)C. The molecule has 0 heterocycles. The molecule has 0 bridgehead atoms. The first-order chi connectivity index (χ1) is 10.9. The van der Waals surface area contributed by atoms with Crippen LogP contribution in [-0.4, -0.2) is 19.8 Å². The summed E-state index contributed by atoms with van der Waals surface area (Å²) in [6, 6.07) is 17.1. The summed E-state index contributed by atoms with van der Waals surface area (Å²) in [4.78, 5) is 12.2. The van der Waals surface area contributed by atoms with E-state index < -0.39 is 8.07 Å². The summed E-state index contributed by atoms with van der Waals surface area (Å²) in [6.07, 6.45) is 0. The van der Waals surface area contributed by atoms with E-state index in [0.717, 1.165) is 11.3 Å². The maximum absolute atomic E-state index is 12.2. The first-order valence-corrected chi connectivity index (χ1v) is 11.4. The van der Waals surface area contributed by atoms with Gasteiger partial charge in [-0.05, 0) is 36.8 Å². The molecule has 3 nitrogen and oxygen atoms in total. The van der Waals surface area contributed by atoms with E-state index >= 15 is 0 Å². The molecule has 4 heteroatoms. The molecule has 0 fully saturated rings. The largest absolute Gasteiger partial charge is 0.489 e. The molecule has 0 aliphatic rings. The monoisotopic (exact) mass is 328 g/mol. The standard InChI is InChI=1S/C19H24O3Si/c1-15(23(2,3)4)22-19(20)17-10-12-18(13-11-17)21-14-16-8-6-5-7-9-16/h5-13,15H,14H2,1-4H3. The van der Waals surface area contributed by atoms with E-state index in [1.54, 1.807) is 24.3 Å². The summed E-state index contributed by atoms with van der Waals surface area (Å²) in [5, 5.41) is 0. The van der Waals surface area contributed by atoms with Gasteiger partial charge in [-0.1, -0.05) is 50.0 Å². The molecule has 0 amide bonds. The van der Waals surface area contributed by atoms with Crippen molar-refractivity contribution in [3.05, 3.63) is 65.7 Å². The molecule has 0 saturated heterocycles. The van der Waals surface area contributed by atoms with Crippen LogP contribution in [0.15, 0.2) is 54.6 Å². The van der Waals surface area contributed by atoms with E-state index in [4.69, 9.17) is 9.47 Å². The molecule has 0 aliphatic heterocycles. The summed E-state index contributed by atoms with van der Waals surface area (Å²) < 4.78 is 11.3. The Morgan fingerprint density at radius 1 is 1.00 bits per heavy atom. The number of hydrogen-bond acceptors (Lipinski definition) is 3. The molecule has 2 aromatic rings. The van der Waals surface area contributed by atoms with Crippen molar-refractivity contribution in [2.75, 3.05) is 0 Å². The van der Waals surface area contributed by atoms with E-state index in [9.17, 15) is 4.79 Å². The molecule has 0 N–H and O–H groups in total. The maximum atomic E-state index is 12.2. The lowest BCUT2D eigenvalue weighted by molar-refractivity contribution is 0.0455. The van der Waals surface area contributed by atoms with Gasteiger partial charge in [-0.25, -0.2) is 4.79 Å². The van der Waals surface area contributed by atoms with Gasteiger partial charge in [0, 0.05) is 0 Å². The van der Waals surface area contributed by atoms with Gasteiger partial charge < -0.3 is 9.47 Å². The van der Waals surface area contributed by atoms with Gasteiger partial charge in [0.25, 0.3) is 0 Å². The molecular formula is C19H24O3Si. The van der Waals surface area contributed by atoms with Gasteiger partial charge in [-0.2, -0.15) is 0 Å². The molecule has 0 saturated carbocycles. The Morgan fingerprint density at radius 2 is 1.61 bits per heavy atom. The van der Waals surface area contributed by atoms with E-state index in [2.05, 4.69) is 19.6 Å². The van der Waals surface area contributed by atoms with Crippen molar-refractivity contribution in [2.45, 2.75) is 38.9 Å². The highest BCUT2D eigenvalue weighted by molar-refractivity contribution is 6.77. The van der Waals surface area contributed by atoms with Crippen molar-refractivity contribution < 1.29 is 14.3 Å². The van der Waals surface area contributed by atoms with Crippen molar-refractivity contribution >= 4 is 14.0 Å². The van der Waals surface area contributed by atoms with Gasteiger partial charge in [-0.15, -0.1) is 0 Å². The normalized spacial score (nSPS) is 12.5. The van der Waals surface area contributed by atoms with Crippen molar-refractivity contribution in [1.82, 2.24) is 0 Å². The number of rotatable bonds is 6. The van der Waals surface area contributed by atoms with E-state index in [-0.39, 0.29) is 11.7 Å². The third-order valence-corrected chi connectivity index (χ3v) is 6.40. The second-order valence-electron chi connectivity index (χ2n) is 6.71. The van der Waals surface area contributed by atoms with Gasteiger partial charge in [0.15, 0.2) is 0 Å². The third kappa shape index (κ3) is 5.25. The number of esters is 1. The highest BCUT2D eigenvalue weighted by atomic mass is 28.3. The van der Waals surface area contributed by atoms with Crippen LogP contribution in [0, 0.1) is 0 Å². The van der Waals surface area contributed by atoms with E-state index in [1.807, 2.05) is 37.3 Å². The van der Waals surface area contributed by atoms with Crippen LogP contribution in [0.4, 0.5) is 0 Å². The Bertz CT molecular complexity index is 630. The van der Waals surface area contributed by atoms with Gasteiger partial charge in [0.2, 0.25) is 0 Å². The Balaban J connectivity index is 1.92. The summed E-state index contributed by atoms with van der Waals surface area (Å²) in [5.41, 5.74) is 1.66. The lowest BCUT2D eigenvalue weighted by atomic mass is 10.2. The van der Waals surface area contributed by atoms with Crippen molar-refractivity contribution in [3.63, 3.8) is 0 Å². The van der Waals surface area contributed by atoms with Crippen LogP contribution in [0.2, 0.25) is 19.6 Å². The molecule has 1 atom stereocenters. The highest BCUT2D eigenvalue weighted by Crippen LogP contribution is 2.17. The number of carbonyl (C=O) groups excluding carboxylic acids is 1. The predicted octanol–water partition coefficient (Wildman–Crippen LogP) is 4.69. The van der Waals surface area contributed by atoms with Gasteiger partial charge in [-0.3, -0.25) is 0 Å². The van der Waals surface area contributed by atoms with Crippen LogP contribution in [0.25, 0.3) is 0 Å². The van der Waals surface area contributed by atoms with Gasteiger partial charge >= 0.3 is 5.97 Å². The fourth-order valence-electron chi connectivity index (χ4n) is 1.83. The number of benzene rings is 2. The topological polar surface area (TPSA) is 35.5 Å². The minimum absolute atomic E-state index is 0.0102. The van der Waals surface area contributed by atoms with Crippen LogP contribution in [0.1, 0.15) is 22.8 Å². The molecule has 23 heavy (non-hydrogen) atoms. The quantitative estimate of drug-likeness (QED) is 0.570. The fourth-order valence-corrected chi connectivity index (χ4v) is 2.29. The maximum Gasteiger partial charge on any atom is 0.338 e. The summed E-state index contributed by atoms with van der Waals surface area (Å²) in [6.45, 7) is 9.04. The minimum Gasteiger partial charge on any atom is -0.489 e. The fraction of sp³-hybridized carbons (Fsp3) is 0.316. The Hall–Kier alpha value is -2.07. The van der Waals surface area contributed by atoms with Crippen LogP contribution in [0.5, 0.6) is 5.75 Å². The van der Waals surface area contributed by atoms with Crippen LogP contribution in [0.3, 0.4) is 0 Å². The summed E-state index contributed by atoms with van der Waals surface area (Å²) in [7, 11) is -1.49. The molecule has 0 spiro atoms. The second-order valence-corrected chi connectivity index (χ2v) is 12.3. The Labute approximate surface area is 139 Å². The van der Waals surface area contributed by atoms with Crippen molar-refractivity contribution in [1.29, 1.82) is 0 Å².